The lowest BCUT2D eigenvalue weighted by Gasteiger charge is -2.09. The van der Waals surface area contributed by atoms with Crippen LogP contribution in [0.4, 0.5) is 11.4 Å². The first-order valence-electron chi connectivity index (χ1n) is 6.15. The summed E-state index contributed by atoms with van der Waals surface area (Å²) in [5, 5.41) is 21.5. The summed E-state index contributed by atoms with van der Waals surface area (Å²) in [5.41, 5.74) is -0.494. The molecular weight excluding hydrogens is 328 g/mol. The van der Waals surface area contributed by atoms with Crippen LogP contribution >= 0.6 is 0 Å². The van der Waals surface area contributed by atoms with Crippen LogP contribution in [0.3, 0.4) is 0 Å². The van der Waals surface area contributed by atoms with E-state index in [0.717, 1.165) is 12.1 Å². The van der Waals surface area contributed by atoms with Gasteiger partial charge in [-0.15, -0.1) is 0 Å². The van der Waals surface area contributed by atoms with Crippen molar-refractivity contribution >= 4 is 21.5 Å². The molecule has 0 N–H and O–H groups in total. The van der Waals surface area contributed by atoms with Gasteiger partial charge < -0.3 is 4.18 Å². The Hall–Kier alpha value is -3.01. The van der Waals surface area contributed by atoms with Gasteiger partial charge in [0.1, 0.15) is 10.6 Å². The Kier molecular flexibility index (Phi) is 4.27. The van der Waals surface area contributed by atoms with Crippen LogP contribution in [-0.2, 0) is 10.1 Å². The Morgan fingerprint density at radius 2 is 1.57 bits per heavy atom. The summed E-state index contributed by atoms with van der Waals surface area (Å²) in [6.45, 7) is 1.45. The first-order chi connectivity index (χ1) is 10.7. The molecule has 0 unspecified atom stereocenters. The van der Waals surface area contributed by atoms with Gasteiger partial charge in [-0.2, -0.15) is 8.42 Å². The molecule has 0 heterocycles. The van der Waals surface area contributed by atoms with Gasteiger partial charge in [-0.3, -0.25) is 20.2 Å². The number of nitrogens with zero attached hydrogens (tertiary/aromatic N) is 2. The molecule has 2 aromatic carbocycles. The molecule has 0 aliphatic heterocycles. The largest absolute Gasteiger partial charge is 0.379 e. The summed E-state index contributed by atoms with van der Waals surface area (Å²) in [7, 11) is -4.37. The zero-order chi connectivity index (χ0) is 17.2. The predicted octanol–water partition coefficient (Wildman–Crippen LogP) is 2.58. The Labute approximate surface area is 130 Å². The van der Waals surface area contributed by atoms with Gasteiger partial charge in [0.25, 0.3) is 11.4 Å². The number of hydrogen-bond donors (Lipinski definition) is 0. The van der Waals surface area contributed by atoms with Crippen LogP contribution < -0.4 is 4.18 Å². The zero-order valence-corrected chi connectivity index (χ0v) is 12.5. The van der Waals surface area contributed by atoms with E-state index < -0.39 is 25.7 Å². The van der Waals surface area contributed by atoms with Crippen LogP contribution in [0.5, 0.6) is 5.75 Å². The van der Waals surface area contributed by atoms with Gasteiger partial charge in [-0.05, 0) is 18.6 Å². The van der Waals surface area contributed by atoms with Gasteiger partial charge in [-0.25, -0.2) is 0 Å². The van der Waals surface area contributed by atoms with Gasteiger partial charge >= 0.3 is 10.1 Å². The van der Waals surface area contributed by atoms with Crippen molar-refractivity contribution in [3.8, 4) is 5.75 Å². The lowest BCUT2D eigenvalue weighted by Crippen LogP contribution is -2.11. The molecule has 0 saturated heterocycles. The third-order valence-electron chi connectivity index (χ3n) is 2.89. The van der Waals surface area contributed by atoms with Crippen molar-refractivity contribution in [2.75, 3.05) is 0 Å². The van der Waals surface area contributed by atoms with Gasteiger partial charge in [0.05, 0.1) is 15.9 Å². The molecule has 10 heteroatoms. The molecular formula is C13H10N2O7S. The second kappa shape index (κ2) is 6.01. The molecule has 0 atom stereocenters. The fourth-order valence-corrected chi connectivity index (χ4v) is 2.97. The number of nitro benzene ring substituents is 2. The first-order valence-corrected chi connectivity index (χ1v) is 7.55. The highest BCUT2D eigenvalue weighted by Gasteiger charge is 2.23. The molecule has 0 saturated carbocycles. The molecule has 9 nitrogen and oxygen atoms in total. The Bertz CT molecular complexity index is 893. The molecule has 23 heavy (non-hydrogen) atoms. The molecule has 2 rings (SSSR count). The number of benzene rings is 2. The second-order valence-electron chi connectivity index (χ2n) is 4.50. The lowest BCUT2D eigenvalue weighted by molar-refractivity contribution is -0.385. The number of non-ortho nitro benzene ring substituents is 2. The van der Waals surface area contributed by atoms with Crippen LogP contribution in [0.2, 0.25) is 0 Å². The monoisotopic (exact) mass is 338 g/mol. The summed E-state index contributed by atoms with van der Waals surface area (Å²) in [6.07, 6.45) is 0. The third kappa shape index (κ3) is 3.61. The van der Waals surface area contributed by atoms with Gasteiger partial charge in [0, 0.05) is 18.2 Å². The fraction of sp³-hybridized carbons (Fsp3) is 0.0769. The molecule has 0 spiro atoms. The SMILES string of the molecule is Cc1ccc([N+](=O)[O-])cc1S(=O)(=O)Oc1cccc([N+](=O)[O-])c1. The van der Waals surface area contributed by atoms with Gasteiger partial charge in [0.15, 0.2) is 0 Å². The summed E-state index contributed by atoms with van der Waals surface area (Å²) < 4.78 is 29.4. The molecule has 0 radical (unpaired) electrons. The smallest absolute Gasteiger partial charge is 0.339 e. The maximum atomic E-state index is 12.3. The van der Waals surface area contributed by atoms with Crippen LogP contribution in [0.25, 0.3) is 0 Å². The highest BCUT2D eigenvalue weighted by Crippen LogP contribution is 2.26. The third-order valence-corrected chi connectivity index (χ3v) is 4.28. The number of nitro groups is 2. The minimum absolute atomic E-state index is 0.251. The molecule has 2 aromatic rings. The Morgan fingerprint density at radius 3 is 2.17 bits per heavy atom. The predicted molar refractivity (Wildman–Crippen MR) is 78.7 cm³/mol. The minimum Gasteiger partial charge on any atom is -0.379 e. The van der Waals surface area contributed by atoms with Gasteiger partial charge in [-0.1, -0.05) is 12.1 Å². The van der Waals surface area contributed by atoms with Crippen LogP contribution in [0.15, 0.2) is 47.4 Å². The summed E-state index contributed by atoms with van der Waals surface area (Å²) in [4.78, 5) is 19.6. The van der Waals surface area contributed by atoms with Crippen molar-refractivity contribution in [3.05, 3.63) is 68.3 Å². The highest BCUT2D eigenvalue weighted by atomic mass is 32.2. The maximum Gasteiger partial charge on any atom is 0.339 e. The standard InChI is InChI=1S/C13H10N2O7S/c1-9-5-6-11(15(18)19)8-13(9)23(20,21)22-12-4-2-3-10(7-12)14(16)17/h2-8H,1H3. The zero-order valence-electron chi connectivity index (χ0n) is 11.7. The molecule has 0 aliphatic rings. The van der Waals surface area contributed by atoms with E-state index in [2.05, 4.69) is 0 Å². The molecule has 0 fully saturated rings. The van der Waals surface area contributed by atoms with Crippen LogP contribution in [0.1, 0.15) is 5.56 Å². The fourth-order valence-electron chi connectivity index (χ4n) is 1.79. The first kappa shape index (κ1) is 16.4. The van der Waals surface area contributed by atoms with E-state index in [1.807, 2.05) is 0 Å². The second-order valence-corrected chi connectivity index (χ2v) is 6.01. The average molecular weight is 338 g/mol. The Balaban J connectivity index is 2.43. The van der Waals surface area contributed by atoms with E-state index in [4.69, 9.17) is 4.18 Å². The summed E-state index contributed by atoms with van der Waals surface area (Å²) in [5.74, 6) is -0.259. The van der Waals surface area contributed by atoms with Crippen molar-refractivity contribution in [2.24, 2.45) is 0 Å². The van der Waals surface area contributed by atoms with Crippen LogP contribution in [0, 0.1) is 27.2 Å². The number of rotatable bonds is 5. The molecule has 0 aromatic heterocycles. The van der Waals surface area contributed by atoms with Crippen molar-refractivity contribution in [2.45, 2.75) is 11.8 Å². The molecule has 120 valence electrons. The summed E-state index contributed by atoms with van der Waals surface area (Å²) >= 11 is 0. The van der Waals surface area contributed by atoms with E-state index in [1.54, 1.807) is 0 Å². The lowest BCUT2D eigenvalue weighted by atomic mass is 10.2. The van der Waals surface area contributed by atoms with Crippen molar-refractivity contribution in [1.82, 2.24) is 0 Å². The van der Waals surface area contributed by atoms with Crippen molar-refractivity contribution in [1.29, 1.82) is 0 Å². The summed E-state index contributed by atoms with van der Waals surface area (Å²) in [6, 6.07) is 7.95. The average Bonchev–Trinajstić information content (AvgIpc) is 2.47. The van der Waals surface area contributed by atoms with Crippen LogP contribution in [-0.4, -0.2) is 18.3 Å². The topological polar surface area (TPSA) is 130 Å². The highest BCUT2D eigenvalue weighted by molar-refractivity contribution is 7.87. The van der Waals surface area contributed by atoms with Crippen molar-refractivity contribution in [3.63, 3.8) is 0 Å². The van der Waals surface area contributed by atoms with E-state index in [9.17, 15) is 28.6 Å². The number of aryl methyl sites for hydroxylation is 1. The van der Waals surface area contributed by atoms with E-state index >= 15 is 0 Å². The number of hydrogen-bond acceptors (Lipinski definition) is 7. The molecule has 0 bridgehead atoms. The van der Waals surface area contributed by atoms with E-state index in [0.29, 0.717) is 0 Å². The van der Waals surface area contributed by atoms with Gasteiger partial charge in [0.2, 0.25) is 0 Å². The minimum atomic E-state index is -4.37. The normalized spacial score (nSPS) is 11.0. The van der Waals surface area contributed by atoms with Crippen molar-refractivity contribution < 1.29 is 22.4 Å². The quantitative estimate of drug-likeness (QED) is 0.465. The van der Waals surface area contributed by atoms with E-state index in [-0.39, 0.29) is 21.9 Å². The molecule has 0 aliphatic carbocycles. The van der Waals surface area contributed by atoms with E-state index in [1.165, 1.54) is 37.3 Å². The molecule has 0 amide bonds. The Morgan fingerprint density at radius 1 is 0.957 bits per heavy atom. The maximum absolute atomic E-state index is 12.3.